The van der Waals surface area contributed by atoms with Crippen molar-refractivity contribution in [2.75, 3.05) is 33.3 Å². The van der Waals surface area contributed by atoms with Crippen molar-refractivity contribution in [3.8, 4) is 17.3 Å². The number of methoxy groups -OCH3 is 1. The summed E-state index contributed by atoms with van der Waals surface area (Å²) in [4.78, 5) is 25.1. The third-order valence-corrected chi connectivity index (χ3v) is 8.32. The number of piperidine rings is 1. The number of benzene rings is 1. The maximum atomic E-state index is 13.4. The molecule has 2 aliphatic heterocycles. The van der Waals surface area contributed by atoms with Crippen molar-refractivity contribution in [3.63, 3.8) is 0 Å². The van der Waals surface area contributed by atoms with Crippen molar-refractivity contribution in [2.45, 2.75) is 32.2 Å². The lowest BCUT2D eigenvalue weighted by Gasteiger charge is -2.52. The normalized spacial score (nSPS) is 19.2. The molecule has 3 fully saturated rings. The van der Waals surface area contributed by atoms with Crippen molar-refractivity contribution >= 4 is 28.0 Å². The summed E-state index contributed by atoms with van der Waals surface area (Å²) in [5, 5.41) is 4.61. The standard InChI is InChI=1S/C28H32N6O2/c1-32-24-21(31-26(32)22-12-19-5-3-10-30-25(19)34(22)14-18-6-7-18)11-20(13-23(24)36-2)27(35)33-16-28(17-33)8-4-9-29-15-28/h3,5,10-13,18,29H,4,6-9,14-17H2,1-2H3. The molecule has 3 aliphatic rings. The molecule has 1 aromatic carbocycles. The number of nitrogens with zero attached hydrogens (tertiary/aromatic N) is 5. The molecule has 4 aromatic rings. The zero-order chi connectivity index (χ0) is 24.4. The monoisotopic (exact) mass is 484 g/mol. The van der Waals surface area contributed by atoms with Crippen LogP contribution in [0.25, 0.3) is 33.6 Å². The first-order chi connectivity index (χ1) is 17.5. The van der Waals surface area contributed by atoms with E-state index in [-0.39, 0.29) is 11.3 Å². The van der Waals surface area contributed by atoms with E-state index >= 15 is 0 Å². The number of hydrogen-bond donors (Lipinski definition) is 1. The molecular formula is C28H32N6O2. The van der Waals surface area contributed by atoms with Gasteiger partial charge in [0.25, 0.3) is 5.91 Å². The topological polar surface area (TPSA) is 77.2 Å². The molecule has 0 unspecified atom stereocenters. The third-order valence-electron chi connectivity index (χ3n) is 8.32. The summed E-state index contributed by atoms with van der Waals surface area (Å²) in [5.41, 5.74) is 4.63. The van der Waals surface area contributed by atoms with Crippen molar-refractivity contribution in [1.82, 2.24) is 29.3 Å². The van der Waals surface area contributed by atoms with Gasteiger partial charge in [-0.15, -0.1) is 0 Å². The van der Waals surface area contributed by atoms with E-state index in [2.05, 4.69) is 31.6 Å². The molecule has 186 valence electrons. The minimum atomic E-state index is 0.0608. The zero-order valence-corrected chi connectivity index (χ0v) is 21.0. The highest BCUT2D eigenvalue weighted by Gasteiger charge is 2.45. The van der Waals surface area contributed by atoms with Crippen LogP contribution in [0.4, 0.5) is 0 Å². The number of nitrogens with one attached hydrogen (secondary N) is 1. The molecule has 0 bridgehead atoms. The van der Waals surface area contributed by atoms with E-state index in [0.29, 0.717) is 17.2 Å². The van der Waals surface area contributed by atoms with Crippen LogP contribution in [0.5, 0.6) is 5.75 Å². The molecule has 1 aliphatic carbocycles. The Morgan fingerprint density at radius 1 is 1.25 bits per heavy atom. The molecule has 8 heteroatoms. The molecule has 7 rings (SSSR count). The quantitative estimate of drug-likeness (QED) is 0.466. The van der Waals surface area contributed by atoms with Crippen LogP contribution in [0.2, 0.25) is 0 Å². The van der Waals surface area contributed by atoms with E-state index in [4.69, 9.17) is 9.72 Å². The Bertz CT molecular complexity index is 1480. The number of aryl methyl sites for hydroxylation is 1. The van der Waals surface area contributed by atoms with Crippen molar-refractivity contribution in [1.29, 1.82) is 0 Å². The van der Waals surface area contributed by atoms with Gasteiger partial charge >= 0.3 is 0 Å². The average molecular weight is 485 g/mol. The number of amides is 1. The fourth-order valence-corrected chi connectivity index (χ4v) is 6.22. The number of hydrogen-bond acceptors (Lipinski definition) is 5. The first kappa shape index (κ1) is 21.9. The van der Waals surface area contributed by atoms with Gasteiger partial charge in [-0.1, -0.05) is 0 Å². The second-order valence-corrected chi connectivity index (χ2v) is 11.0. The van der Waals surface area contributed by atoms with Crippen LogP contribution >= 0.6 is 0 Å². The first-order valence-corrected chi connectivity index (χ1v) is 13.0. The Hall–Kier alpha value is -3.39. The molecule has 2 saturated heterocycles. The molecule has 1 saturated carbocycles. The summed E-state index contributed by atoms with van der Waals surface area (Å²) in [6.07, 6.45) is 6.77. The highest BCUT2D eigenvalue weighted by molar-refractivity contribution is 6.00. The number of aromatic nitrogens is 4. The van der Waals surface area contributed by atoms with E-state index < -0.39 is 0 Å². The first-order valence-electron chi connectivity index (χ1n) is 13.0. The van der Waals surface area contributed by atoms with Crippen LogP contribution in [0.1, 0.15) is 36.0 Å². The van der Waals surface area contributed by atoms with E-state index in [1.165, 1.54) is 25.7 Å². The summed E-state index contributed by atoms with van der Waals surface area (Å²) in [5.74, 6) is 2.30. The Morgan fingerprint density at radius 3 is 2.86 bits per heavy atom. The van der Waals surface area contributed by atoms with Gasteiger partial charge in [-0.2, -0.15) is 0 Å². The third kappa shape index (κ3) is 3.42. The minimum Gasteiger partial charge on any atom is -0.494 e. The maximum absolute atomic E-state index is 13.4. The van der Waals surface area contributed by atoms with Crippen LogP contribution < -0.4 is 10.1 Å². The van der Waals surface area contributed by atoms with Gasteiger partial charge in [0.2, 0.25) is 0 Å². The van der Waals surface area contributed by atoms with E-state index in [1.807, 2.05) is 36.3 Å². The molecule has 1 spiro atoms. The van der Waals surface area contributed by atoms with Crippen LogP contribution in [-0.4, -0.2) is 63.2 Å². The van der Waals surface area contributed by atoms with E-state index in [0.717, 1.165) is 66.3 Å². The number of imidazole rings is 1. The summed E-state index contributed by atoms with van der Waals surface area (Å²) in [6, 6.07) is 10.1. The largest absolute Gasteiger partial charge is 0.494 e. The molecule has 8 nitrogen and oxygen atoms in total. The fourth-order valence-electron chi connectivity index (χ4n) is 6.22. The number of carbonyl (C=O) groups excluding carboxylic acids is 1. The molecule has 36 heavy (non-hydrogen) atoms. The van der Waals surface area contributed by atoms with Crippen LogP contribution in [0.15, 0.2) is 36.5 Å². The van der Waals surface area contributed by atoms with Crippen molar-refractivity contribution in [3.05, 3.63) is 42.1 Å². The van der Waals surface area contributed by atoms with Crippen molar-refractivity contribution in [2.24, 2.45) is 18.4 Å². The Kier molecular flexibility index (Phi) is 4.90. The molecule has 1 N–H and O–H groups in total. The average Bonchev–Trinajstić information content (AvgIpc) is 3.55. The second-order valence-electron chi connectivity index (χ2n) is 11.0. The van der Waals surface area contributed by atoms with Crippen LogP contribution in [0, 0.1) is 11.3 Å². The molecule has 1 amide bonds. The molecule has 0 atom stereocenters. The van der Waals surface area contributed by atoms with Crippen LogP contribution in [-0.2, 0) is 13.6 Å². The number of likely N-dealkylation sites (tertiary alicyclic amines) is 1. The molecule has 0 radical (unpaired) electrons. The van der Waals surface area contributed by atoms with Gasteiger partial charge < -0.3 is 24.1 Å². The lowest BCUT2D eigenvalue weighted by molar-refractivity contribution is -0.00722. The van der Waals surface area contributed by atoms with Gasteiger partial charge in [0, 0.05) is 55.8 Å². The maximum Gasteiger partial charge on any atom is 0.254 e. The Balaban J connectivity index is 1.28. The predicted octanol–water partition coefficient (Wildman–Crippen LogP) is 3.83. The van der Waals surface area contributed by atoms with Gasteiger partial charge in [-0.25, -0.2) is 9.97 Å². The lowest BCUT2D eigenvalue weighted by atomic mass is 9.74. The smallest absolute Gasteiger partial charge is 0.254 e. The number of ether oxygens (including phenoxy) is 1. The molecular weight excluding hydrogens is 452 g/mol. The summed E-state index contributed by atoms with van der Waals surface area (Å²) in [6.45, 7) is 4.68. The van der Waals surface area contributed by atoms with E-state index in [9.17, 15) is 4.79 Å². The fraction of sp³-hybridized carbons (Fsp3) is 0.464. The second kappa shape index (κ2) is 8.06. The number of rotatable bonds is 5. The van der Waals surface area contributed by atoms with Gasteiger partial charge in [0.15, 0.2) is 5.82 Å². The summed E-state index contributed by atoms with van der Waals surface area (Å²) < 4.78 is 10.2. The number of fused-ring (bicyclic) bond motifs is 2. The zero-order valence-electron chi connectivity index (χ0n) is 21.0. The highest BCUT2D eigenvalue weighted by atomic mass is 16.5. The lowest BCUT2D eigenvalue weighted by Crippen LogP contribution is -2.63. The van der Waals surface area contributed by atoms with Crippen LogP contribution in [0.3, 0.4) is 0 Å². The Labute approximate surface area is 210 Å². The predicted molar refractivity (Wildman–Crippen MR) is 139 cm³/mol. The SMILES string of the molecule is COc1cc(C(=O)N2CC3(CCCNC3)C2)cc2nc(-c3cc4cccnc4n3CC3CC3)n(C)c12. The summed E-state index contributed by atoms with van der Waals surface area (Å²) >= 11 is 0. The number of pyridine rings is 1. The minimum absolute atomic E-state index is 0.0608. The van der Waals surface area contributed by atoms with Gasteiger partial charge in [0.1, 0.15) is 16.9 Å². The molecule has 5 heterocycles. The van der Waals surface area contributed by atoms with Crippen molar-refractivity contribution < 1.29 is 9.53 Å². The number of carbonyl (C=O) groups is 1. The Morgan fingerprint density at radius 2 is 2.11 bits per heavy atom. The molecule has 3 aromatic heterocycles. The highest BCUT2D eigenvalue weighted by Crippen LogP contribution is 2.39. The van der Waals surface area contributed by atoms with Gasteiger partial charge in [-0.3, -0.25) is 4.79 Å². The van der Waals surface area contributed by atoms with E-state index in [1.54, 1.807) is 7.11 Å². The summed E-state index contributed by atoms with van der Waals surface area (Å²) in [7, 11) is 3.69. The van der Waals surface area contributed by atoms with Gasteiger partial charge in [-0.05, 0) is 68.5 Å². The van der Waals surface area contributed by atoms with Gasteiger partial charge in [0.05, 0.1) is 18.3 Å².